The number of primary amides is 1. The van der Waals surface area contributed by atoms with E-state index in [1.54, 1.807) is 7.05 Å². The Balaban J connectivity index is 1.87. The van der Waals surface area contributed by atoms with Crippen LogP contribution in [-0.2, 0) is 7.05 Å². The Morgan fingerprint density at radius 3 is 2.62 bits per heavy atom. The Morgan fingerprint density at radius 1 is 1.15 bits per heavy atom. The van der Waals surface area contributed by atoms with Gasteiger partial charge in [-0.3, -0.25) is 19.3 Å². The van der Waals surface area contributed by atoms with E-state index in [1.165, 1.54) is 35.1 Å². The Labute approximate surface area is 146 Å². The summed E-state index contributed by atoms with van der Waals surface area (Å²) in [4.78, 5) is 27.4. The number of carbonyl (C=O) groups excluding carboxylic acids is 2. The number of rotatable bonds is 4. The average molecular weight is 357 g/mol. The summed E-state index contributed by atoms with van der Waals surface area (Å²) in [5, 5.41) is 6.67. The van der Waals surface area contributed by atoms with Crippen LogP contribution in [0.4, 0.5) is 14.6 Å². The lowest BCUT2D eigenvalue weighted by atomic mass is 10.1. The molecule has 26 heavy (non-hydrogen) atoms. The molecule has 3 aromatic rings. The van der Waals surface area contributed by atoms with Gasteiger partial charge in [0.1, 0.15) is 23.1 Å². The second kappa shape index (κ2) is 6.71. The van der Waals surface area contributed by atoms with Crippen LogP contribution in [0.3, 0.4) is 0 Å². The molecule has 0 bridgehead atoms. The monoisotopic (exact) mass is 357 g/mol. The zero-order valence-electron chi connectivity index (χ0n) is 13.5. The first kappa shape index (κ1) is 17.2. The number of carbonyl (C=O) groups is 2. The molecule has 0 aliphatic heterocycles. The number of hydrogen-bond acceptors (Lipinski definition) is 4. The molecule has 132 valence electrons. The van der Waals surface area contributed by atoms with Gasteiger partial charge in [-0.2, -0.15) is 5.10 Å². The molecule has 0 saturated carbocycles. The van der Waals surface area contributed by atoms with E-state index in [-0.39, 0.29) is 28.3 Å². The molecule has 2 aromatic heterocycles. The van der Waals surface area contributed by atoms with Crippen molar-refractivity contribution in [3.8, 4) is 11.3 Å². The third kappa shape index (κ3) is 3.41. The zero-order chi connectivity index (χ0) is 18.8. The summed E-state index contributed by atoms with van der Waals surface area (Å²) < 4.78 is 28.3. The van der Waals surface area contributed by atoms with E-state index in [9.17, 15) is 18.4 Å². The molecule has 9 heteroatoms. The number of aryl methyl sites for hydroxylation is 1. The van der Waals surface area contributed by atoms with E-state index < -0.39 is 23.4 Å². The second-order valence-corrected chi connectivity index (χ2v) is 5.41. The fraction of sp³-hybridized carbons (Fsp3) is 0.0588. The van der Waals surface area contributed by atoms with Crippen LogP contribution in [0.2, 0.25) is 0 Å². The lowest BCUT2D eigenvalue weighted by Crippen LogP contribution is -2.18. The maximum atomic E-state index is 13.9. The number of nitrogens with two attached hydrogens (primary N) is 1. The SMILES string of the molecule is Cn1nc(-c2ccc(F)cc2F)cc1NC(=O)c1cc(C(N)=O)ccn1. The number of amides is 2. The number of aromatic nitrogens is 3. The molecule has 2 heterocycles. The summed E-state index contributed by atoms with van der Waals surface area (Å²) in [7, 11) is 1.55. The summed E-state index contributed by atoms with van der Waals surface area (Å²) in [6.45, 7) is 0. The molecule has 0 saturated heterocycles. The van der Waals surface area contributed by atoms with Crippen molar-refractivity contribution < 1.29 is 18.4 Å². The maximum Gasteiger partial charge on any atom is 0.275 e. The Kier molecular flexibility index (Phi) is 4.44. The van der Waals surface area contributed by atoms with E-state index in [0.717, 1.165) is 12.1 Å². The molecular weight excluding hydrogens is 344 g/mol. The Morgan fingerprint density at radius 2 is 1.92 bits per heavy atom. The molecule has 0 aliphatic rings. The van der Waals surface area contributed by atoms with Crippen LogP contribution in [-0.4, -0.2) is 26.6 Å². The number of benzene rings is 1. The van der Waals surface area contributed by atoms with Gasteiger partial charge >= 0.3 is 0 Å². The number of hydrogen-bond donors (Lipinski definition) is 2. The van der Waals surface area contributed by atoms with Gasteiger partial charge in [0.15, 0.2) is 0 Å². The number of nitrogens with zero attached hydrogens (tertiary/aromatic N) is 3. The summed E-state index contributed by atoms with van der Waals surface area (Å²) >= 11 is 0. The van der Waals surface area contributed by atoms with Crippen molar-refractivity contribution in [1.82, 2.24) is 14.8 Å². The number of anilines is 1. The number of halogens is 2. The predicted molar refractivity (Wildman–Crippen MR) is 89.3 cm³/mol. The van der Waals surface area contributed by atoms with Crippen molar-refractivity contribution in [2.75, 3.05) is 5.32 Å². The van der Waals surface area contributed by atoms with E-state index >= 15 is 0 Å². The van der Waals surface area contributed by atoms with Crippen LogP contribution in [0, 0.1) is 11.6 Å². The fourth-order valence-electron chi connectivity index (χ4n) is 2.30. The highest BCUT2D eigenvalue weighted by Gasteiger charge is 2.16. The first-order valence-corrected chi connectivity index (χ1v) is 7.42. The molecule has 1 aromatic carbocycles. The van der Waals surface area contributed by atoms with Gasteiger partial charge in [0.05, 0.1) is 5.69 Å². The standard InChI is InChI=1S/C17H13F2N5O2/c1-24-15(8-13(23-24)11-3-2-10(18)7-12(11)19)22-17(26)14-6-9(16(20)25)4-5-21-14/h2-8H,1H3,(H2,20,25)(H,22,26). The van der Waals surface area contributed by atoms with Crippen molar-refractivity contribution in [3.05, 3.63) is 65.5 Å². The smallest absolute Gasteiger partial charge is 0.275 e. The number of nitrogens with one attached hydrogen (secondary N) is 1. The van der Waals surface area contributed by atoms with Crippen molar-refractivity contribution in [2.24, 2.45) is 12.8 Å². The van der Waals surface area contributed by atoms with Crippen molar-refractivity contribution in [2.45, 2.75) is 0 Å². The first-order chi connectivity index (χ1) is 12.3. The largest absolute Gasteiger partial charge is 0.366 e. The predicted octanol–water partition coefficient (Wildman–Crippen LogP) is 2.11. The summed E-state index contributed by atoms with van der Waals surface area (Å²) in [6.07, 6.45) is 1.29. The normalized spacial score (nSPS) is 10.6. The number of pyridine rings is 1. The third-order valence-corrected chi connectivity index (χ3v) is 3.61. The highest BCUT2D eigenvalue weighted by Crippen LogP contribution is 2.25. The molecule has 0 unspecified atom stereocenters. The minimum Gasteiger partial charge on any atom is -0.366 e. The van der Waals surface area contributed by atoms with Gasteiger partial charge in [-0.15, -0.1) is 0 Å². The van der Waals surface area contributed by atoms with Gasteiger partial charge in [0.2, 0.25) is 5.91 Å². The summed E-state index contributed by atoms with van der Waals surface area (Å²) in [6, 6.07) is 7.21. The minimum atomic E-state index is -0.767. The van der Waals surface area contributed by atoms with Crippen LogP contribution in [0.5, 0.6) is 0 Å². The molecule has 0 fully saturated rings. The highest BCUT2D eigenvalue weighted by atomic mass is 19.1. The molecule has 2 amide bonds. The molecule has 7 nitrogen and oxygen atoms in total. The lowest BCUT2D eigenvalue weighted by Gasteiger charge is -2.05. The Bertz CT molecular complexity index is 1020. The zero-order valence-corrected chi connectivity index (χ0v) is 13.5. The van der Waals surface area contributed by atoms with Gasteiger partial charge in [0.25, 0.3) is 5.91 Å². The lowest BCUT2D eigenvalue weighted by molar-refractivity contribution is 0.1000. The third-order valence-electron chi connectivity index (χ3n) is 3.61. The van der Waals surface area contributed by atoms with Gasteiger partial charge in [-0.1, -0.05) is 0 Å². The van der Waals surface area contributed by atoms with Crippen LogP contribution in [0.25, 0.3) is 11.3 Å². The van der Waals surface area contributed by atoms with Crippen LogP contribution in [0.15, 0.2) is 42.6 Å². The van der Waals surface area contributed by atoms with Crippen LogP contribution >= 0.6 is 0 Å². The van der Waals surface area contributed by atoms with Gasteiger partial charge in [-0.25, -0.2) is 8.78 Å². The first-order valence-electron chi connectivity index (χ1n) is 7.42. The molecule has 3 N–H and O–H groups in total. The van der Waals surface area contributed by atoms with Crippen LogP contribution < -0.4 is 11.1 Å². The van der Waals surface area contributed by atoms with E-state index in [1.807, 2.05) is 0 Å². The van der Waals surface area contributed by atoms with Crippen molar-refractivity contribution >= 4 is 17.6 Å². The topological polar surface area (TPSA) is 103 Å². The fourth-order valence-corrected chi connectivity index (χ4v) is 2.30. The second-order valence-electron chi connectivity index (χ2n) is 5.41. The Hall–Kier alpha value is -3.62. The van der Waals surface area contributed by atoms with E-state index in [0.29, 0.717) is 0 Å². The van der Waals surface area contributed by atoms with Crippen molar-refractivity contribution in [1.29, 1.82) is 0 Å². The molecule has 0 radical (unpaired) electrons. The molecule has 0 atom stereocenters. The van der Waals surface area contributed by atoms with Gasteiger partial charge in [0, 0.05) is 36.5 Å². The quantitative estimate of drug-likeness (QED) is 0.746. The summed E-state index contributed by atoms with van der Waals surface area (Å²) in [5.74, 6) is -2.48. The maximum absolute atomic E-state index is 13.9. The van der Waals surface area contributed by atoms with E-state index in [2.05, 4.69) is 15.4 Å². The van der Waals surface area contributed by atoms with E-state index in [4.69, 9.17) is 5.73 Å². The summed E-state index contributed by atoms with van der Waals surface area (Å²) in [5.41, 5.74) is 5.62. The van der Waals surface area contributed by atoms with Gasteiger partial charge in [-0.05, 0) is 24.3 Å². The van der Waals surface area contributed by atoms with Crippen molar-refractivity contribution in [3.63, 3.8) is 0 Å². The molecule has 0 spiro atoms. The average Bonchev–Trinajstić information content (AvgIpc) is 2.95. The molecule has 3 rings (SSSR count). The molecular formula is C17H13F2N5O2. The highest BCUT2D eigenvalue weighted by molar-refractivity contribution is 6.04. The van der Waals surface area contributed by atoms with Crippen LogP contribution in [0.1, 0.15) is 20.8 Å². The minimum absolute atomic E-state index is 0.0167. The van der Waals surface area contributed by atoms with Gasteiger partial charge < -0.3 is 11.1 Å². The molecule has 0 aliphatic carbocycles.